The third-order valence-corrected chi connectivity index (χ3v) is 5.53. The lowest BCUT2D eigenvalue weighted by molar-refractivity contribution is -0.384. The zero-order valence-corrected chi connectivity index (χ0v) is 19.0. The van der Waals surface area contributed by atoms with Crippen molar-refractivity contribution >= 4 is 39.8 Å². The number of aromatic amines is 1. The van der Waals surface area contributed by atoms with Crippen molar-refractivity contribution < 1.29 is 14.5 Å². The van der Waals surface area contributed by atoms with Crippen molar-refractivity contribution in [2.45, 2.75) is 26.2 Å². The van der Waals surface area contributed by atoms with Gasteiger partial charge in [-0.1, -0.05) is 39.0 Å². The quantitative estimate of drug-likeness (QED) is 0.257. The molecule has 0 fully saturated rings. The summed E-state index contributed by atoms with van der Waals surface area (Å²) in [5.41, 5.74) is 2.71. The van der Waals surface area contributed by atoms with Crippen LogP contribution in [-0.4, -0.2) is 21.7 Å². The van der Waals surface area contributed by atoms with E-state index in [1.807, 2.05) is 24.3 Å². The van der Waals surface area contributed by atoms with E-state index in [1.165, 1.54) is 18.2 Å². The molecule has 0 atom stereocenters. The lowest BCUT2D eigenvalue weighted by Crippen LogP contribution is -2.19. The summed E-state index contributed by atoms with van der Waals surface area (Å²) in [6.45, 7) is 6.22. The fourth-order valence-corrected chi connectivity index (χ4v) is 3.59. The number of nitro groups is 1. The molecule has 2 amide bonds. The van der Waals surface area contributed by atoms with E-state index in [0.29, 0.717) is 11.3 Å². The van der Waals surface area contributed by atoms with Gasteiger partial charge in [-0.15, -0.1) is 0 Å². The van der Waals surface area contributed by atoms with Crippen molar-refractivity contribution in [1.29, 1.82) is 0 Å². The van der Waals surface area contributed by atoms with Gasteiger partial charge in [-0.2, -0.15) is 0 Å². The Morgan fingerprint density at radius 3 is 2.29 bits per heavy atom. The summed E-state index contributed by atoms with van der Waals surface area (Å²) >= 11 is 0. The number of carbonyl (C=O) groups excluding carboxylic acids is 2. The highest BCUT2D eigenvalue weighted by Gasteiger charge is 2.20. The summed E-state index contributed by atoms with van der Waals surface area (Å²) in [7, 11) is 0. The standard InChI is InChI=1S/C26H24N4O4/c1-26(2,3)18-7-4-17(5-8-18)24(31)29-23-15-20(30(33)34)10-11-21(23)25(32)28-19-9-6-16-12-13-27-22(16)14-19/h4-15,27H,1-3H3,(H,28,32)(H,29,31). The number of non-ortho nitro benzene ring substituents is 1. The molecule has 4 aromatic rings. The smallest absolute Gasteiger partial charge is 0.271 e. The van der Waals surface area contributed by atoms with Crippen LogP contribution in [0.2, 0.25) is 0 Å². The average molecular weight is 457 g/mol. The first-order valence-electron chi connectivity index (χ1n) is 10.7. The van der Waals surface area contributed by atoms with Crippen LogP contribution in [0.15, 0.2) is 72.9 Å². The van der Waals surface area contributed by atoms with Gasteiger partial charge in [0.1, 0.15) is 0 Å². The summed E-state index contributed by atoms with van der Waals surface area (Å²) in [5, 5.41) is 17.7. The molecule has 1 heterocycles. The van der Waals surface area contributed by atoms with Gasteiger partial charge in [-0.25, -0.2) is 0 Å². The number of benzene rings is 3. The predicted octanol–water partition coefficient (Wildman–Crippen LogP) is 5.88. The van der Waals surface area contributed by atoms with Gasteiger partial charge in [-0.3, -0.25) is 19.7 Å². The number of nitrogens with zero attached hydrogens (tertiary/aromatic N) is 1. The summed E-state index contributed by atoms with van der Waals surface area (Å²) in [6.07, 6.45) is 1.80. The van der Waals surface area contributed by atoms with Crippen LogP contribution in [0, 0.1) is 10.1 Å². The lowest BCUT2D eigenvalue weighted by atomic mass is 9.86. The molecule has 8 nitrogen and oxygen atoms in total. The molecule has 3 N–H and O–H groups in total. The Kier molecular flexibility index (Phi) is 5.89. The largest absolute Gasteiger partial charge is 0.361 e. The Bertz CT molecular complexity index is 1400. The van der Waals surface area contributed by atoms with Crippen molar-refractivity contribution in [3.63, 3.8) is 0 Å². The molecule has 0 spiro atoms. The minimum atomic E-state index is -0.575. The first-order valence-corrected chi connectivity index (χ1v) is 10.7. The molecule has 0 bridgehead atoms. The number of rotatable bonds is 5. The predicted molar refractivity (Wildman–Crippen MR) is 132 cm³/mol. The molecular weight excluding hydrogens is 432 g/mol. The first kappa shape index (κ1) is 22.7. The molecule has 3 aromatic carbocycles. The minimum absolute atomic E-state index is 0.0533. The molecular formula is C26H24N4O4. The fourth-order valence-electron chi connectivity index (χ4n) is 3.59. The number of hydrogen-bond donors (Lipinski definition) is 3. The van der Waals surface area contributed by atoms with Crippen LogP contribution >= 0.6 is 0 Å². The Morgan fingerprint density at radius 2 is 1.62 bits per heavy atom. The van der Waals surface area contributed by atoms with Gasteiger partial charge in [0.15, 0.2) is 0 Å². The highest BCUT2D eigenvalue weighted by Crippen LogP contribution is 2.26. The third kappa shape index (κ3) is 4.80. The Balaban J connectivity index is 1.61. The van der Waals surface area contributed by atoms with Crippen LogP contribution in [0.1, 0.15) is 47.1 Å². The second-order valence-electron chi connectivity index (χ2n) is 9.00. The molecule has 34 heavy (non-hydrogen) atoms. The van der Waals surface area contributed by atoms with E-state index in [9.17, 15) is 19.7 Å². The zero-order chi connectivity index (χ0) is 24.5. The Hall–Kier alpha value is -4.46. The van der Waals surface area contributed by atoms with Crippen molar-refractivity contribution in [3.05, 3.63) is 99.7 Å². The van der Waals surface area contributed by atoms with Crippen LogP contribution in [0.5, 0.6) is 0 Å². The maximum atomic E-state index is 13.0. The van der Waals surface area contributed by atoms with Gasteiger partial charge in [0.25, 0.3) is 17.5 Å². The van der Waals surface area contributed by atoms with Crippen molar-refractivity contribution in [2.75, 3.05) is 10.6 Å². The normalized spacial score (nSPS) is 11.3. The number of aromatic nitrogens is 1. The summed E-state index contributed by atoms with van der Waals surface area (Å²) < 4.78 is 0. The van der Waals surface area contributed by atoms with Gasteiger partial charge in [0, 0.05) is 35.1 Å². The molecule has 0 unspecified atom stereocenters. The zero-order valence-electron chi connectivity index (χ0n) is 19.0. The summed E-state index contributed by atoms with van der Waals surface area (Å²) in [5.74, 6) is -0.970. The number of amides is 2. The number of nitrogens with one attached hydrogen (secondary N) is 3. The maximum Gasteiger partial charge on any atom is 0.271 e. The van der Waals surface area contributed by atoms with E-state index in [1.54, 1.807) is 30.5 Å². The number of hydrogen-bond acceptors (Lipinski definition) is 4. The van der Waals surface area contributed by atoms with Crippen molar-refractivity contribution in [2.24, 2.45) is 0 Å². The van der Waals surface area contributed by atoms with Crippen molar-refractivity contribution in [3.8, 4) is 0 Å². The van der Waals surface area contributed by atoms with Gasteiger partial charge < -0.3 is 15.6 Å². The second-order valence-corrected chi connectivity index (χ2v) is 9.00. The van der Waals surface area contributed by atoms with Gasteiger partial charge in [-0.05, 0) is 52.8 Å². The lowest BCUT2D eigenvalue weighted by Gasteiger charge is -2.19. The van der Waals surface area contributed by atoms with E-state index in [0.717, 1.165) is 16.5 Å². The van der Waals surface area contributed by atoms with Gasteiger partial charge in [0.2, 0.25) is 0 Å². The van der Waals surface area contributed by atoms with E-state index < -0.39 is 16.7 Å². The topological polar surface area (TPSA) is 117 Å². The number of carbonyl (C=O) groups is 2. The van der Waals surface area contributed by atoms with Crippen LogP contribution < -0.4 is 10.6 Å². The van der Waals surface area contributed by atoms with Crippen LogP contribution in [0.25, 0.3) is 10.9 Å². The molecule has 0 aliphatic carbocycles. The summed E-state index contributed by atoms with van der Waals surface area (Å²) in [4.78, 5) is 39.7. The van der Waals surface area contributed by atoms with Crippen molar-refractivity contribution in [1.82, 2.24) is 4.98 Å². The fraction of sp³-hybridized carbons (Fsp3) is 0.154. The van der Waals surface area contributed by atoms with Gasteiger partial charge >= 0.3 is 0 Å². The van der Waals surface area contributed by atoms with Crippen LogP contribution in [0.4, 0.5) is 17.1 Å². The number of H-pyrrole nitrogens is 1. The number of nitro benzene ring substituents is 1. The monoisotopic (exact) mass is 456 g/mol. The molecule has 0 aliphatic rings. The average Bonchev–Trinajstić information content (AvgIpc) is 3.26. The van der Waals surface area contributed by atoms with Crippen LogP contribution in [0.3, 0.4) is 0 Å². The summed E-state index contributed by atoms with van der Waals surface area (Å²) in [6, 6.07) is 18.2. The Labute approximate surface area is 196 Å². The molecule has 0 saturated carbocycles. The van der Waals surface area contributed by atoms with E-state index in [2.05, 4.69) is 36.4 Å². The van der Waals surface area contributed by atoms with E-state index in [-0.39, 0.29) is 22.4 Å². The molecule has 8 heteroatoms. The van der Waals surface area contributed by atoms with Crippen LogP contribution in [-0.2, 0) is 5.41 Å². The molecule has 4 rings (SSSR count). The SMILES string of the molecule is CC(C)(C)c1ccc(C(=O)Nc2cc([N+](=O)[O-])ccc2C(=O)Nc2ccc3cc[nH]c3c2)cc1. The first-order chi connectivity index (χ1) is 16.1. The molecule has 0 radical (unpaired) electrons. The van der Waals surface area contributed by atoms with E-state index in [4.69, 9.17) is 0 Å². The van der Waals surface area contributed by atoms with E-state index >= 15 is 0 Å². The highest BCUT2D eigenvalue weighted by molar-refractivity contribution is 6.13. The molecule has 172 valence electrons. The van der Waals surface area contributed by atoms with Gasteiger partial charge in [0.05, 0.1) is 16.2 Å². The molecule has 1 aromatic heterocycles. The highest BCUT2D eigenvalue weighted by atomic mass is 16.6. The number of fused-ring (bicyclic) bond motifs is 1. The third-order valence-electron chi connectivity index (χ3n) is 5.53. The molecule has 0 aliphatic heterocycles. The Morgan fingerprint density at radius 1 is 0.882 bits per heavy atom. The maximum absolute atomic E-state index is 13.0. The second kappa shape index (κ2) is 8.82. The molecule has 0 saturated heterocycles. The minimum Gasteiger partial charge on any atom is -0.361 e. The number of anilines is 2.